The predicted octanol–water partition coefficient (Wildman–Crippen LogP) is 1.24. The van der Waals surface area contributed by atoms with Crippen LogP contribution in [-0.2, 0) is 20.1 Å². The predicted molar refractivity (Wildman–Crippen MR) is 91.2 cm³/mol. The highest BCUT2D eigenvalue weighted by Crippen LogP contribution is 2.11. The first-order valence-electron chi connectivity index (χ1n) is 7.79. The monoisotopic (exact) mass is 355 g/mol. The van der Waals surface area contributed by atoms with Crippen LogP contribution in [-0.4, -0.2) is 47.3 Å². The van der Waals surface area contributed by atoms with E-state index in [1.807, 2.05) is 19.3 Å². The number of aryl methyl sites for hydroxylation is 1. The largest absolute Gasteiger partial charge is 0.490 e. The number of aromatic nitrogens is 5. The van der Waals surface area contributed by atoms with Crippen LogP contribution in [0.4, 0.5) is 5.95 Å². The lowest BCUT2D eigenvalue weighted by Crippen LogP contribution is -2.26. The summed E-state index contributed by atoms with van der Waals surface area (Å²) in [6.45, 7) is 0.753. The van der Waals surface area contributed by atoms with Crippen molar-refractivity contribution in [3.63, 3.8) is 0 Å². The Morgan fingerprint density at radius 2 is 1.96 bits per heavy atom. The Balaban J connectivity index is 1.64. The molecule has 0 saturated heterocycles. The molecule has 0 N–H and O–H groups in total. The van der Waals surface area contributed by atoms with E-state index in [4.69, 9.17) is 0 Å². The molecular weight excluding hydrogens is 338 g/mol. The van der Waals surface area contributed by atoms with Gasteiger partial charge in [0, 0.05) is 31.0 Å². The molecule has 0 aliphatic heterocycles. The molecule has 2 aromatic heterocycles. The van der Waals surface area contributed by atoms with Gasteiger partial charge in [0.15, 0.2) is 0 Å². The van der Waals surface area contributed by atoms with Crippen LogP contribution in [0.1, 0.15) is 21.6 Å². The number of hydrogen-bond acceptors (Lipinski definition) is 6. The molecule has 0 fully saturated rings. The molecule has 10 heteroatoms. The minimum Gasteiger partial charge on any atom is -0.390 e. The Morgan fingerprint density at radius 1 is 1.23 bits per heavy atom. The van der Waals surface area contributed by atoms with Gasteiger partial charge in [-0.15, -0.1) is 0 Å². The second-order valence-corrected chi connectivity index (χ2v) is 5.84. The summed E-state index contributed by atoms with van der Waals surface area (Å²) in [5.41, 5.74) is 2.22. The average molecular weight is 355 g/mol. The molecule has 0 atom stereocenters. The maximum atomic E-state index is 12.5. The van der Waals surface area contributed by atoms with Crippen molar-refractivity contribution in [3.8, 4) is 0 Å². The smallest absolute Gasteiger partial charge is 0.390 e. The molecule has 1 aromatic carbocycles. The lowest BCUT2D eigenvalue weighted by atomic mass is 10.1. The second-order valence-electron chi connectivity index (χ2n) is 5.84. The first kappa shape index (κ1) is 17.3. The summed E-state index contributed by atoms with van der Waals surface area (Å²) in [4.78, 5) is 27.7. The van der Waals surface area contributed by atoms with Crippen molar-refractivity contribution >= 4 is 11.9 Å². The quantitative estimate of drug-likeness (QED) is 0.486. The van der Waals surface area contributed by atoms with Gasteiger partial charge >= 0.3 is 5.95 Å². The number of carbonyl (C=O) groups excluding carboxylic acids is 1. The summed E-state index contributed by atoms with van der Waals surface area (Å²) >= 11 is 0. The van der Waals surface area contributed by atoms with Crippen LogP contribution < -0.4 is 0 Å². The van der Waals surface area contributed by atoms with E-state index in [0.29, 0.717) is 18.7 Å². The molecule has 0 unspecified atom stereocenters. The third-order valence-corrected chi connectivity index (χ3v) is 3.75. The van der Waals surface area contributed by atoms with Gasteiger partial charge in [0.05, 0.1) is 18.8 Å². The number of amides is 1. The molecular formula is C16H17N7O3. The van der Waals surface area contributed by atoms with Gasteiger partial charge < -0.3 is 15.0 Å². The van der Waals surface area contributed by atoms with Crippen LogP contribution in [0.5, 0.6) is 0 Å². The van der Waals surface area contributed by atoms with Gasteiger partial charge in [0.25, 0.3) is 5.91 Å². The number of carbonyl (C=O) groups is 1. The molecule has 10 nitrogen and oxygen atoms in total. The van der Waals surface area contributed by atoms with Gasteiger partial charge in [0.1, 0.15) is 0 Å². The molecule has 0 spiro atoms. The molecule has 1 amide bonds. The lowest BCUT2D eigenvalue weighted by Gasteiger charge is -2.16. The zero-order valence-electron chi connectivity index (χ0n) is 14.3. The highest BCUT2D eigenvalue weighted by atomic mass is 16.6. The van der Waals surface area contributed by atoms with E-state index in [9.17, 15) is 14.9 Å². The Labute approximate surface area is 148 Å². The SMILES string of the molecule is CN(Cc1ccn(C)n1)C(=O)c1ccc(Cn2cnc([N+](=O)[O-])n2)cc1. The van der Waals surface area contributed by atoms with Crippen molar-refractivity contribution in [3.05, 3.63) is 69.8 Å². The molecule has 3 rings (SSSR count). The molecule has 0 aliphatic rings. The van der Waals surface area contributed by atoms with Crippen LogP contribution in [0, 0.1) is 10.1 Å². The number of benzene rings is 1. The van der Waals surface area contributed by atoms with Crippen molar-refractivity contribution in [2.75, 3.05) is 7.05 Å². The zero-order valence-corrected chi connectivity index (χ0v) is 14.3. The molecule has 2 heterocycles. The first-order valence-corrected chi connectivity index (χ1v) is 7.79. The zero-order chi connectivity index (χ0) is 18.7. The summed E-state index contributed by atoms with van der Waals surface area (Å²) in [5, 5.41) is 18.6. The fourth-order valence-corrected chi connectivity index (χ4v) is 2.47. The van der Waals surface area contributed by atoms with E-state index in [2.05, 4.69) is 15.2 Å². The van der Waals surface area contributed by atoms with Crippen molar-refractivity contribution in [2.45, 2.75) is 13.1 Å². The Morgan fingerprint density at radius 3 is 2.54 bits per heavy atom. The van der Waals surface area contributed by atoms with Crippen LogP contribution in [0.2, 0.25) is 0 Å². The van der Waals surface area contributed by atoms with E-state index < -0.39 is 10.9 Å². The maximum absolute atomic E-state index is 12.5. The summed E-state index contributed by atoms with van der Waals surface area (Å²) < 4.78 is 3.07. The second kappa shape index (κ2) is 7.13. The number of rotatable bonds is 6. The third-order valence-electron chi connectivity index (χ3n) is 3.75. The Kier molecular flexibility index (Phi) is 4.74. The minimum atomic E-state index is -0.643. The third kappa shape index (κ3) is 3.91. The molecule has 0 saturated carbocycles. The molecule has 26 heavy (non-hydrogen) atoms. The van der Waals surface area contributed by atoms with E-state index >= 15 is 0 Å². The van der Waals surface area contributed by atoms with Gasteiger partial charge in [0.2, 0.25) is 6.33 Å². The van der Waals surface area contributed by atoms with Crippen LogP contribution in [0.15, 0.2) is 42.9 Å². The van der Waals surface area contributed by atoms with Gasteiger partial charge in [-0.1, -0.05) is 17.1 Å². The van der Waals surface area contributed by atoms with Crippen LogP contribution in [0.3, 0.4) is 0 Å². The van der Waals surface area contributed by atoms with Crippen LogP contribution in [0.25, 0.3) is 0 Å². The van der Waals surface area contributed by atoms with Gasteiger partial charge in [-0.25, -0.2) is 0 Å². The van der Waals surface area contributed by atoms with Crippen molar-refractivity contribution in [2.24, 2.45) is 7.05 Å². The van der Waals surface area contributed by atoms with E-state index in [0.717, 1.165) is 11.3 Å². The van der Waals surface area contributed by atoms with Gasteiger partial charge in [-0.2, -0.15) is 9.78 Å². The average Bonchev–Trinajstić information content (AvgIpc) is 3.24. The standard InChI is InChI=1S/C16H17N7O3/c1-20(10-14-7-8-21(2)18-14)15(24)13-5-3-12(4-6-13)9-22-11-17-16(19-22)23(25)26/h3-8,11H,9-10H2,1-2H3. The molecule has 0 bridgehead atoms. The highest BCUT2D eigenvalue weighted by Gasteiger charge is 2.15. The lowest BCUT2D eigenvalue weighted by molar-refractivity contribution is -0.394. The van der Waals surface area contributed by atoms with Crippen molar-refractivity contribution in [1.82, 2.24) is 29.4 Å². The summed E-state index contributed by atoms with van der Waals surface area (Å²) in [5.74, 6) is -0.549. The maximum Gasteiger partial charge on any atom is 0.490 e. The summed E-state index contributed by atoms with van der Waals surface area (Å²) in [6.07, 6.45) is 3.13. The normalized spacial score (nSPS) is 10.7. The number of hydrogen-bond donors (Lipinski definition) is 0. The molecule has 134 valence electrons. The van der Waals surface area contributed by atoms with Crippen LogP contribution >= 0.6 is 0 Å². The Bertz CT molecular complexity index is 929. The van der Waals surface area contributed by atoms with Crippen molar-refractivity contribution in [1.29, 1.82) is 0 Å². The molecule has 0 aliphatic carbocycles. The summed E-state index contributed by atoms with van der Waals surface area (Å²) in [7, 11) is 3.55. The van der Waals surface area contributed by atoms with Gasteiger partial charge in [-0.3, -0.25) is 9.48 Å². The fraction of sp³-hybridized carbons (Fsp3) is 0.250. The number of nitrogens with zero attached hydrogens (tertiary/aromatic N) is 7. The van der Waals surface area contributed by atoms with E-state index in [1.54, 1.807) is 40.9 Å². The fourth-order valence-electron chi connectivity index (χ4n) is 2.47. The van der Waals surface area contributed by atoms with E-state index in [1.165, 1.54) is 11.0 Å². The highest BCUT2D eigenvalue weighted by molar-refractivity contribution is 5.94. The summed E-state index contributed by atoms with van der Waals surface area (Å²) in [6, 6.07) is 8.88. The minimum absolute atomic E-state index is 0.112. The topological polar surface area (TPSA) is 112 Å². The molecule has 0 radical (unpaired) electrons. The number of nitro groups is 1. The van der Waals surface area contributed by atoms with Gasteiger partial charge in [-0.05, 0) is 28.7 Å². The van der Waals surface area contributed by atoms with E-state index in [-0.39, 0.29) is 5.91 Å². The molecule has 3 aromatic rings. The first-order chi connectivity index (χ1) is 12.4. The Hall–Kier alpha value is -3.56. The van der Waals surface area contributed by atoms with Crippen molar-refractivity contribution < 1.29 is 9.72 Å².